The van der Waals surface area contributed by atoms with Crippen molar-refractivity contribution in [2.75, 3.05) is 13.1 Å². The third kappa shape index (κ3) is 2.46. The first-order chi connectivity index (χ1) is 8.35. The largest absolute Gasteiger partial charge is 0.308 e. The van der Waals surface area contributed by atoms with Gasteiger partial charge in [0.1, 0.15) is 0 Å². The molecule has 0 aromatic rings. The van der Waals surface area contributed by atoms with E-state index in [1.54, 1.807) is 0 Å². The van der Waals surface area contributed by atoms with E-state index in [2.05, 4.69) is 51.8 Å². The fourth-order valence-corrected chi connectivity index (χ4v) is 3.65. The fourth-order valence-electron chi connectivity index (χ4n) is 3.65. The summed E-state index contributed by atoms with van der Waals surface area (Å²) in [5.41, 5.74) is 0.918. The van der Waals surface area contributed by atoms with Gasteiger partial charge < -0.3 is 5.32 Å². The van der Waals surface area contributed by atoms with Crippen LogP contribution in [0.1, 0.15) is 60.8 Å². The van der Waals surface area contributed by atoms with Gasteiger partial charge in [0.15, 0.2) is 0 Å². The molecule has 1 N–H and O–H groups in total. The Hall–Kier alpha value is -0.0800. The zero-order valence-corrected chi connectivity index (χ0v) is 13.2. The van der Waals surface area contributed by atoms with E-state index in [4.69, 9.17) is 0 Å². The lowest BCUT2D eigenvalue weighted by molar-refractivity contribution is 0.0354. The maximum absolute atomic E-state index is 3.86. The van der Waals surface area contributed by atoms with Gasteiger partial charge in [-0.25, -0.2) is 0 Å². The molecule has 1 aliphatic carbocycles. The molecule has 1 saturated heterocycles. The molecule has 18 heavy (non-hydrogen) atoms. The van der Waals surface area contributed by atoms with E-state index in [9.17, 15) is 0 Å². The van der Waals surface area contributed by atoms with Crippen LogP contribution in [0.4, 0.5) is 0 Å². The highest BCUT2D eigenvalue weighted by Gasteiger charge is 2.53. The maximum Gasteiger partial charge on any atom is 0.0304 e. The van der Waals surface area contributed by atoms with Crippen LogP contribution < -0.4 is 5.32 Å². The molecule has 1 saturated carbocycles. The van der Waals surface area contributed by atoms with Crippen LogP contribution in [0.2, 0.25) is 0 Å². The summed E-state index contributed by atoms with van der Waals surface area (Å²) in [5, 5.41) is 3.86. The Morgan fingerprint density at radius 2 is 1.78 bits per heavy atom. The minimum absolute atomic E-state index is 0.365. The summed E-state index contributed by atoms with van der Waals surface area (Å²) in [6.45, 7) is 16.7. The van der Waals surface area contributed by atoms with Crippen LogP contribution >= 0.6 is 0 Å². The van der Waals surface area contributed by atoms with E-state index < -0.39 is 0 Å². The van der Waals surface area contributed by atoms with Crippen molar-refractivity contribution in [1.29, 1.82) is 0 Å². The highest BCUT2D eigenvalue weighted by Crippen LogP contribution is 2.50. The van der Waals surface area contributed by atoms with Gasteiger partial charge in [-0.05, 0) is 30.6 Å². The van der Waals surface area contributed by atoms with Crippen molar-refractivity contribution in [3.63, 3.8) is 0 Å². The Bertz CT molecular complexity index is 291. The molecule has 0 aromatic heterocycles. The molecule has 2 aliphatic rings. The maximum atomic E-state index is 3.86. The standard InChI is InChI=1S/C16H32N2/c1-7-16(8-2)11-18(14-9-15(14,5)6)13(10-17-16)12(3)4/h12-14,17H,7-11H2,1-6H3. The van der Waals surface area contributed by atoms with Crippen LogP contribution in [0, 0.1) is 11.3 Å². The topological polar surface area (TPSA) is 15.3 Å². The molecule has 0 aromatic carbocycles. The van der Waals surface area contributed by atoms with Crippen molar-refractivity contribution in [1.82, 2.24) is 10.2 Å². The molecular formula is C16H32N2. The fraction of sp³-hybridized carbons (Fsp3) is 1.00. The SMILES string of the molecule is CCC1(CC)CN(C2CC2(C)C)C(C(C)C)CN1. The first-order valence-corrected chi connectivity index (χ1v) is 7.86. The van der Waals surface area contributed by atoms with E-state index in [-0.39, 0.29) is 0 Å². The summed E-state index contributed by atoms with van der Waals surface area (Å²) in [7, 11) is 0. The summed E-state index contributed by atoms with van der Waals surface area (Å²) in [6, 6.07) is 1.55. The lowest BCUT2D eigenvalue weighted by atomic mass is 9.86. The van der Waals surface area contributed by atoms with E-state index in [1.807, 2.05) is 0 Å². The third-order valence-corrected chi connectivity index (χ3v) is 5.58. The lowest BCUT2D eigenvalue weighted by Gasteiger charge is -2.49. The smallest absolute Gasteiger partial charge is 0.0304 e. The van der Waals surface area contributed by atoms with Gasteiger partial charge in [0.05, 0.1) is 0 Å². The molecular weight excluding hydrogens is 220 g/mol. The molecule has 2 heteroatoms. The minimum Gasteiger partial charge on any atom is -0.308 e. The van der Waals surface area contributed by atoms with Crippen LogP contribution in [0.25, 0.3) is 0 Å². The Balaban J connectivity index is 2.14. The Morgan fingerprint density at radius 3 is 2.17 bits per heavy atom. The van der Waals surface area contributed by atoms with Crippen LogP contribution in [-0.4, -0.2) is 35.6 Å². The second-order valence-electron chi connectivity index (χ2n) is 7.56. The van der Waals surface area contributed by atoms with Crippen LogP contribution in [0.15, 0.2) is 0 Å². The highest BCUT2D eigenvalue weighted by molar-refractivity contribution is 5.09. The van der Waals surface area contributed by atoms with E-state index in [1.165, 1.54) is 32.4 Å². The highest BCUT2D eigenvalue weighted by atomic mass is 15.3. The van der Waals surface area contributed by atoms with Gasteiger partial charge in [0.2, 0.25) is 0 Å². The molecule has 2 unspecified atom stereocenters. The first kappa shape index (κ1) is 14.3. The Labute approximate surface area is 114 Å². The minimum atomic E-state index is 0.365. The van der Waals surface area contributed by atoms with Crippen LogP contribution in [-0.2, 0) is 0 Å². The molecule has 2 nitrogen and oxygen atoms in total. The molecule has 1 aliphatic heterocycles. The van der Waals surface area contributed by atoms with E-state index in [0.717, 1.165) is 18.0 Å². The van der Waals surface area contributed by atoms with Gasteiger partial charge in [-0.2, -0.15) is 0 Å². The van der Waals surface area contributed by atoms with Gasteiger partial charge in [-0.1, -0.05) is 41.5 Å². The van der Waals surface area contributed by atoms with Crippen LogP contribution in [0.3, 0.4) is 0 Å². The second kappa shape index (κ2) is 4.79. The molecule has 2 rings (SSSR count). The molecule has 2 atom stereocenters. The lowest BCUT2D eigenvalue weighted by Crippen LogP contribution is -2.65. The van der Waals surface area contributed by atoms with Crippen molar-refractivity contribution in [3.8, 4) is 0 Å². The van der Waals surface area contributed by atoms with Crippen molar-refractivity contribution in [2.24, 2.45) is 11.3 Å². The molecule has 0 spiro atoms. The summed E-state index contributed by atoms with van der Waals surface area (Å²) < 4.78 is 0. The summed E-state index contributed by atoms with van der Waals surface area (Å²) in [4.78, 5) is 2.84. The number of nitrogens with zero attached hydrogens (tertiary/aromatic N) is 1. The predicted octanol–water partition coefficient (Wildman–Crippen LogP) is 3.27. The van der Waals surface area contributed by atoms with Crippen molar-refractivity contribution in [2.45, 2.75) is 78.4 Å². The Kier molecular flexibility index (Phi) is 3.81. The third-order valence-electron chi connectivity index (χ3n) is 5.58. The number of rotatable bonds is 4. The van der Waals surface area contributed by atoms with Gasteiger partial charge in [0, 0.05) is 30.7 Å². The van der Waals surface area contributed by atoms with Crippen molar-refractivity contribution >= 4 is 0 Å². The van der Waals surface area contributed by atoms with E-state index >= 15 is 0 Å². The number of hydrogen-bond acceptors (Lipinski definition) is 2. The Morgan fingerprint density at radius 1 is 1.22 bits per heavy atom. The number of nitrogens with one attached hydrogen (secondary N) is 1. The second-order valence-corrected chi connectivity index (χ2v) is 7.56. The quantitative estimate of drug-likeness (QED) is 0.826. The van der Waals surface area contributed by atoms with Gasteiger partial charge in [-0.3, -0.25) is 4.90 Å². The molecule has 106 valence electrons. The van der Waals surface area contributed by atoms with E-state index in [0.29, 0.717) is 11.0 Å². The number of hydrogen-bond donors (Lipinski definition) is 1. The molecule has 1 heterocycles. The van der Waals surface area contributed by atoms with Gasteiger partial charge in [0.25, 0.3) is 0 Å². The molecule has 0 amide bonds. The van der Waals surface area contributed by atoms with Crippen LogP contribution in [0.5, 0.6) is 0 Å². The average Bonchev–Trinajstić information content (AvgIpc) is 2.97. The average molecular weight is 252 g/mol. The summed E-state index contributed by atoms with van der Waals surface area (Å²) in [5.74, 6) is 0.751. The molecule has 2 fully saturated rings. The summed E-state index contributed by atoms with van der Waals surface area (Å²) >= 11 is 0. The first-order valence-electron chi connectivity index (χ1n) is 7.86. The molecule has 0 bridgehead atoms. The predicted molar refractivity (Wildman–Crippen MR) is 78.8 cm³/mol. The van der Waals surface area contributed by atoms with Gasteiger partial charge >= 0.3 is 0 Å². The zero-order chi connectivity index (χ0) is 13.6. The normalized spacial score (nSPS) is 34.8. The summed E-state index contributed by atoms with van der Waals surface area (Å²) in [6.07, 6.45) is 3.88. The number of piperazine rings is 1. The monoisotopic (exact) mass is 252 g/mol. The van der Waals surface area contributed by atoms with Gasteiger partial charge in [-0.15, -0.1) is 0 Å². The van der Waals surface area contributed by atoms with Crippen molar-refractivity contribution in [3.05, 3.63) is 0 Å². The zero-order valence-electron chi connectivity index (χ0n) is 13.2. The molecule has 0 radical (unpaired) electrons. The van der Waals surface area contributed by atoms with Crippen molar-refractivity contribution < 1.29 is 0 Å².